The van der Waals surface area contributed by atoms with Gasteiger partial charge in [-0.1, -0.05) is 19.8 Å². The number of nitrogens with two attached hydrogens (primary N) is 1. The number of nitrogens with one attached hydrogen (secondary N) is 1. The van der Waals surface area contributed by atoms with Gasteiger partial charge >= 0.3 is 0 Å². The van der Waals surface area contributed by atoms with Gasteiger partial charge in [0.2, 0.25) is 5.91 Å². The predicted molar refractivity (Wildman–Crippen MR) is 68.4 cm³/mol. The molecule has 4 nitrogen and oxygen atoms in total. The van der Waals surface area contributed by atoms with Crippen LogP contribution in [0.2, 0.25) is 0 Å². The van der Waals surface area contributed by atoms with E-state index in [0.717, 1.165) is 32.1 Å². The van der Waals surface area contributed by atoms with Gasteiger partial charge in [0.25, 0.3) is 0 Å². The fraction of sp³-hybridized carbons (Fsp3) is 0.923. The lowest BCUT2D eigenvalue weighted by Crippen LogP contribution is -2.47. The molecule has 100 valence electrons. The van der Waals surface area contributed by atoms with Crippen LogP contribution in [0.1, 0.15) is 46.0 Å². The van der Waals surface area contributed by atoms with E-state index in [0.29, 0.717) is 13.1 Å². The summed E-state index contributed by atoms with van der Waals surface area (Å²) in [6.07, 6.45) is 5.06. The molecule has 1 aliphatic carbocycles. The molecule has 0 saturated heterocycles. The van der Waals surface area contributed by atoms with Gasteiger partial charge in [0.15, 0.2) is 0 Å². The summed E-state index contributed by atoms with van der Waals surface area (Å²) in [4.78, 5) is 12.1. The van der Waals surface area contributed by atoms with Crippen LogP contribution in [0.5, 0.6) is 0 Å². The molecule has 4 heteroatoms. The Hall–Kier alpha value is -0.610. The Labute approximate surface area is 104 Å². The van der Waals surface area contributed by atoms with Crippen molar-refractivity contribution >= 4 is 5.91 Å². The SMILES string of the molecule is CCC(C)(CN)C(=O)NCC1(CO)CCCC1. The number of hydrogen-bond donors (Lipinski definition) is 3. The highest BCUT2D eigenvalue weighted by Gasteiger charge is 2.36. The van der Waals surface area contributed by atoms with E-state index in [9.17, 15) is 9.90 Å². The molecule has 0 heterocycles. The van der Waals surface area contributed by atoms with E-state index < -0.39 is 5.41 Å². The summed E-state index contributed by atoms with van der Waals surface area (Å²) in [5.74, 6) is 0.0159. The van der Waals surface area contributed by atoms with Crippen LogP contribution in [0.25, 0.3) is 0 Å². The van der Waals surface area contributed by atoms with Crippen molar-refractivity contribution in [1.82, 2.24) is 5.32 Å². The zero-order valence-corrected chi connectivity index (χ0v) is 11.1. The highest BCUT2D eigenvalue weighted by molar-refractivity contribution is 5.82. The van der Waals surface area contributed by atoms with Gasteiger partial charge in [-0.05, 0) is 26.2 Å². The van der Waals surface area contributed by atoms with Crippen LogP contribution in [-0.4, -0.2) is 30.7 Å². The zero-order valence-electron chi connectivity index (χ0n) is 11.1. The average molecular weight is 242 g/mol. The summed E-state index contributed by atoms with van der Waals surface area (Å²) in [5.41, 5.74) is 5.10. The summed E-state index contributed by atoms with van der Waals surface area (Å²) in [6, 6.07) is 0. The minimum Gasteiger partial charge on any atom is -0.396 e. The van der Waals surface area contributed by atoms with E-state index in [2.05, 4.69) is 5.32 Å². The van der Waals surface area contributed by atoms with E-state index >= 15 is 0 Å². The third-order valence-electron chi connectivity index (χ3n) is 4.40. The Kier molecular flexibility index (Phi) is 4.95. The van der Waals surface area contributed by atoms with E-state index in [1.54, 1.807) is 0 Å². The van der Waals surface area contributed by atoms with Crippen LogP contribution in [0.4, 0.5) is 0 Å². The maximum atomic E-state index is 12.1. The molecule has 0 aliphatic heterocycles. The quantitative estimate of drug-likeness (QED) is 0.651. The third kappa shape index (κ3) is 3.19. The Morgan fingerprint density at radius 3 is 2.47 bits per heavy atom. The molecule has 1 fully saturated rings. The monoisotopic (exact) mass is 242 g/mol. The molecule has 4 N–H and O–H groups in total. The topological polar surface area (TPSA) is 75.4 Å². The number of rotatable bonds is 6. The van der Waals surface area contributed by atoms with Crippen molar-refractivity contribution in [3.63, 3.8) is 0 Å². The molecule has 1 unspecified atom stereocenters. The Bertz CT molecular complexity index is 256. The van der Waals surface area contributed by atoms with Crippen LogP contribution in [0.15, 0.2) is 0 Å². The lowest BCUT2D eigenvalue weighted by Gasteiger charge is -2.30. The smallest absolute Gasteiger partial charge is 0.227 e. The fourth-order valence-electron chi connectivity index (χ4n) is 2.39. The predicted octanol–water partition coefficient (Wildman–Crippen LogP) is 1.03. The van der Waals surface area contributed by atoms with Gasteiger partial charge in [-0.25, -0.2) is 0 Å². The molecule has 17 heavy (non-hydrogen) atoms. The Morgan fingerprint density at radius 1 is 1.47 bits per heavy atom. The minimum absolute atomic E-state index is 0.0159. The van der Waals surface area contributed by atoms with Crippen LogP contribution < -0.4 is 11.1 Å². The molecule has 1 saturated carbocycles. The van der Waals surface area contributed by atoms with Gasteiger partial charge in [0.1, 0.15) is 0 Å². The van der Waals surface area contributed by atoms with Crippen LogP contribution >= 0.6 is 0 Å². The molecular weight excluding hydrogens is 216 g/mol. The van der Waals surface area contributed by atoms with Crippen LogP contribution in [0.3, 0.4) is 0 Å². The zero-order chi connectivity index (χ0) is 12.9. The first-order chi connectivity index (χ1) is 8.02. The number of carbonyl (C=O) groups excluding carboxylic acids is 1. The molecule has 1 atom stereocenters. The molecule has 0 radical (unpaired) electrons. The van der Waals surface area contributed by atoms with Gasteiger partial charge in [-0.15, -0.1) is 0 Å². The van der Waals surface area contributed by atoms with Crippen molar-refractivity contribution in [2.24, 2.45) is 16.6 Å². The number of hydrogen-bond acceptors (Lipinski definition) is 3. The second kappa shape index (κ2) is 5.83. The lowest BCUT2D eigenvalue weighted by molar-refractivity contribution is -0.130. The van der Waals surface area contributed by atoms with Crippen molar-refractivity contribution in [3.8, 4) is 0 Å². The molecule has 0 spiro atoms. The Balaban J connectivity index is 2.52. The maximum absolute atomic E-state index is 12.1. The van der Waals surface area contributed by atoms with E-state index in [4.69, 9.17) is 5.73 Å². The number of amides is 1. The summed E-state index contributed by atoms with van der Waals surface area (Å²) in [7, 11) is 0. The lowest BCUT2D eigenvalue weighted by atomic mass is 9.84. The van der Waals surface area contributed by atoms with Crippen molar-refractivity contribution < 1.29 is 9.90 Å². The van der Waals surface area contributed by atoms with Crippen molar-refractivity contribution in [2.45, 2.75) is 46.0 Å². The van der Waals surface area contributed by atoms with Crippen molar-refractivity contribution in [3.05, 3.63) is 0 Å². The average Bonchev–Trinajstić information content (AvgIpc) is 2.84. The number of carbonyl (C=O) groups is 1. The molecule has 0 aromatic heterocycles. The number of aliphatic hydroxyl groups excluding tert-OH is 1. The van der Waals surface area contributed by atoms with Gasteiger partial charge in [-0.3, -0.25) is 4.79 Å². The first-order valence-electron chi connectivity index (χ1n) is 6.61. The summed E-state index contributed by atoms with van der Waals surface area (Å²) in [6.45, 7) is 4.98. The third-order valence-corrected chi connectivity index (χ3v) is 4.40. The summed E-state index contributed by atoms with van der Waals surface area (Å²) in [5, 5.41) is 12.5. The second-order valence-electron chi connectivity index (χ2n) is 5.67. The van der Waals surface area contributed by atoms with Crippen LogP contribution in [0, 0.1) is 10.8 Å². The van der Waals surface area contributed by atoms with Crippen molar-refractivity contribution in [1.29, 1.82) is 0 Å². The molecule has 1 amide bonds. The normalized spacial score (nSPS) is 22.1. The van der Waals surface area contributed by atoms with Crippen LogP contribution in [-0.2, 0) is 4.79 Å². The van der Waals surface area contributed by atoms with E-state index in [1.165, 1.54) is 0 Å². The maximum Gasteiger partial charge on any atom is 0.227 e. The largest absolute Gasteiger partial charge is 0.396 e. The molecule has 0 aromatic carbocycles. The van der Waals surface area contributed by atoms with Gasteiger partial charge in [0, 0.05) is 18.5 Å². The van der Waals surface area contributed by atoms with Gasteiger partial charge < -0.3 is 16.2 Å². The molecule has 0 bridgehead atoms. The minimum atomic E-state index is -0.477. The van der Waals surface area contributed by atoms with Crippen molar-refractivity contribution in [2.75, 3.05) is 19.7 Å². The van der Waals surface area contributed by atoms with Gasteiger partial charge in [-0.2, -0.15) is 0 Å². The molecule has 1 rings (SSSR count). The Morgan fingerprint density at radius 2 is 2.06 bits per heavy atom. The summed E-state index contributed by atoms with van der Waals surface area (Å²) >= 11 is 0. The highest BCUT2D eigenvalue weighted by atomic mass is 16.3. The summed E-state index contributed by atoms with van der Waals surface area (Å²) < 4.78 is 0. The highest BCUT2D eigenvalue weighted by Crippen LogP contribution is 2.37. The number of aliphatic hydroxyl groups is 1. The van der Waals surface area contributed by atoms with E-state index in [1.807, 2.05) is 13.8 Å². The van der Waals surface area contributed by atoms with E-state index in [-0.39, 0.29) is 17.9 Å². The first kappa shape index (κ1) is 14.5. The second-order valence-corrected chi connectivity index (χ2v) is 5.67. The standard InChI is InChI=1S/C13H26N2O2/c1-3-12(2,8-14)11(17)15-9-13(10-16)6-4-5-7-13/h16H,3-10,14H2,1-2H3,(H,15,17). The molecule has 0 aromatic rings. The van der Waals surface area contributed by atoms with Gasteiger partial charge in [0.05, 0.1) is 12.0 Å². The first-order valence-corrected chi connectivity index (χ1v) is 6.61. The fourth-order valence-corrected chi connectivity index (χ4v) is 2.39. The molecule has 1 aliphatic rings. The molecular formula is C13H26N2O2.